The van der Waals surface area contributed by atoms with Crippen LogP contribution in [0.4, 0.5) is 0 Å². The summed E-state index contributed by atoms with van der Waals surface area (Å²) >= 11 is 0. The molecule has 0 aromatic carbocycles. The Hall–Kier alpha value is -0.860. The molecule has 4 nitrogen and oxygen atoms in total. The van der Waals surface area contributed by atoms with E-state index in [-0.39, 0.29) is 12.0 Å². The second kappa shape index (κ2) is 10.8. The maximum absolute atomic E-state index is 9.15. The fourth-order valence-corrected chi connectivity index (χ4v) is 2.01. The van der Waals surface area contributed by atoms with Gasteiger partial charge in [0.2, 0.25) is 0 Å². The van der Waals surface area contributed by atoms with Crippen LogP contribution in [0.15, 0.2) is 12.2 Å². The fraction of sp³-hybridized carbons (Fsp3) is 0.778. The predicted octanol–water partition coefficient (Wildman–Crippen LogP) is 2.68. The summed E-state index contributed by atoms with van der Waals surface area (Å²) in [5.74, 6) is 5.57. The van der Waals surface area contributed by atoms with Crippen LogP contribution < -0.4 is 0 Å². The summed E-state index contributed by atoms with van der Waals surface area (Å²) in [6.45, 7) is 11.1. The molecule has 0 aliphatic rings. The van der Waals surface area contributed by atoms with E-state index in [0.29, 0.717) is 6.42 Å². The molecule has 0 aliphatic carbocycles. The van der Waals surface area contributed by atoms with Crippen LogP contribution in [-0.4, -0.2) is 56.3 Å². The van der Waals surface area contributed by atoms with Crippen LogP contribution >= 0.6 is 0 Å². The first-order chi connectivity index (χ1) is 10.3. The normalized spacial score (nSPS) is 12.7. The number of rotatable bonds is 10. The van der Waals surface area contributed by atoms with Crippen molar-refractivity contribution in [2.45, 2.75) is 46.3 Å². The zero-order chi connectivity index (χ0) is 17.1. The van der Waals surface area contributed by atoms with E-state index in [9.17, 15) is 0 Å². The summed E-state index contributed by atoms with van der Waals surface area (Å²) in [4.78, 5) is 2.29. The average Bonchev–Trinajstić information content (AvgIpc) is 2.47. The molecule has 4 heteroatoms. The molecule has 0 aliphatic heterocycles. The molecule has 0 saturated carbocycles. The highest BCUT2D eigenvalue weighted by molar-refractivity contribution is 5.19. The Labute approximate surface area is 136 Å². The van der Waals surface area contributed by atoms with Crippen LogP contribution in [0.5, 0.6) is 0 Å². The van der Waals surface area contributed by atoms with Crippen LogP contribution in [-0.2, 0) is 9.47 Å². The third-order valence-corrected chi connectivity index (χ3v) is 3.50. The van der Waals surface area contributed by atoms with E-state index in [0.717, 1.165) is 26.1 Å². The molecule has 0 saturated heterocycles. The largest absolute Gasteiger partial charge is 0.396 e. The van der Waals surface area contributed by atoms with E-state index in [1.165, 1.54) is 0 Å². The predicted molar refractivity (Wildman–Crippen MR) is 91.6 cm³/mol. The lowest BCUT2D eigenvalue weighted by molar-refractivity contribution is -0.220. The van der Waals surface area contributed by atoms with Crippen molar-refractivity contribution >= 4 is 0 Å². The lowest BCUT2D eigenvalue weighted by atomic mass is 9.98. The zero-order valence-electron chi connectivity index (χ0n) is 15.1. The molecule has 0 radical (unpaired) electrons. The quantitative estimate of drug-likeness (QED) is 0.497. The molecule has 1 N–H and O–H groups in total. The van der Waals surface area contributed by atoms with Crippen molar-refractivity contribution in [1.82, 2.24) is 4.90 Å². The number of hydrogen-bond acceptors (Lipinski definition) is 4. The molecule has 128 valence electrons. The van der Waals surface area contributed by atoms with E-state index >= 15 is 0 Å². The molecular formula is C18H33NO3. The smallest absolute Gasteiger partial charge is 0.170 e. The van der Waals surface area contributed by atoms with E-state index in [4.69, 9.17) is 14.6 Å². The number of allylic oxidation sites excluding steroid dienone is 1. The third kappa shape index (κ3) is 9.22. The van der Waals surface area contributed by atoms with Crippen molar-refractivity contribution in [3.05, 3.63) is 12.2 Å². The Bertz CT molecular complexity index is 370. The van der Waals surface area contributed by atoms with Crippen molar-refractivity contribution in [2.75, 3.05) is 40.5 Å². The minimum Gasteiger partial charge on any atom is -0.396 e. The maximum atomic E-state index is 9.15. The van der Waals surface area contributed by atoms with Gasteiger partial charge in [-0.2, -0.15) is 0 Å². The van der Waals surface area contributed by atoms with E-state index in [2.05, 4.69) is 50.5 Å². The zero-order valence-corrected chi connectivity index (χ0v) is 15.1. The Kier molecular flexibility index (Phi) is 10.4. The number of hydrogen-bond donors (Lipinski definition) is 1. The molecule has 0 rings (SSSR count). The van der Waals surface area contributed by atoms with Crippen molar-refractivity contribution in [3.63, 3.8) is 0 Å². The van der Waals surface area contributed by atoms with E-state index < -0.39 is 5.79 Å². The number of ether oxygens (including phenoxy) is 2. The first kappa shape index (κ1) is 21.1. The van der Waals surface area contributed by atoms with Crippen LogP contribution in [0, 0.1) is 17.3 Å². The first-order valence-electron chi connectivity index (χ1n) is 7.93. The summed E-state index contributed by atoms with van der Waals surface area (Å²) in [5, 5.41) is 9.15. The van der Waals surface area contributed by atoms with Gasteiger partial charge in [0.25, 0.3) is 0 Å². The molecule has 0 aromatic heterocycles. The molecule has 0 amide bonds. The van der Waals surface area contributed by atoms with Crippen molar-refractivity contribution in [2.24, 2.45) is 5.41 Å². The summed E-state index contributed by atoms with van der Waals surface area (Å²) in [6.07, 6.45) is 5.19. The summed E-state index contributed by atoms with van der Waals surface area (Å²) < 4.78 is 10.9. The lowest BCUT2D eigenvalue weighted by Gasteiger charge is -2.32. The molecule has 0 aromatic rings. The summed E-state index contributed by atoms with van der Waals surface area (Å²) in [7, 11) is 3.24. The highest BCUT2D eigenvalue weighted by atomic mass is 16.7. The van der Waals surface area contributed by atoms with Crippen LogP contribution in [0.3, 0.4) is 0 Å². The van der Waals surface area contributed by atoms with Crippen molar-refractivity contribution < 1.29 is 14.6 Å². The van der Waals surface area contributed by atoms with Gasteiger partial charge in [-0.15, -0.1) is 0 Å². The van der Waals surface area contributed by atoms with Gasteiger partial charge in [-0.1, -0.05) is 24.8 Å². The third-order valence-electron chi connectivity index (χ3n) is 3.50. The van der Waals surface area contributed by atoms with Crippen molar-refractivity contribution in [1.29, 1.82) is 0 Å². The molecule has 0 unspecified atom stereocenters. The Morgan fingerprint density at radius 3 is 2.23 bits per heavy atom. The number of aliphatic hydroxyl groups is 1. The number of likely N-dealkylation sites (N-methyl/N-ethyl adjacent to an activating group) is 1. The van der Waals surface area contributed by atoms with Gasteiger partial charge in [0.1, 0.15) is 0 Å². The minimum absolute atomic E-state index is 0.0373. The van der Waals surface area contributed by atoms with Gasteiger partial charge >= 0.3 is 0 Å². The standard InChI is InChI=1S/C18H33NO3/c1-7-19(14-10-8-9-11-17(2,3)4)15-12-18(21-5,22-6)13-16-20/h8,10,20H,7,12-16H2,1-6H3/b10-8+. The van der Waals surface area contributed by atoms with Gasteiger partial charge < -0.3 is 14.6 Å². The molecule has 0 atom stereocenters. The monoisotopic (exact) mass is 311 g/mol. The number of nitrogens with zero attached hydrogens (tertiary/aromatic N) is 1. The fourth-order valence-electron chi connectivity index (χ4n) is 2.01. The van der Waals surface area contributed by atoms with Crippen LogP contribution in [0.2, 0.25) is 0 Å². The lowest BCUT2D eigenvalue weighted by Crippen LogP contribution is -2.39. The molecule has 0 bridgehead atoms. The van der Waals surface area contributed by atoms with Crippen LogP contribution in [0.1, 0.15) is 40.5 Å². The molecule has 0 heterocycles. The maximum Gasteiger partial charge on any atom is 0.170 e. The highest BCUT2D eigenvalue weighted by Crippen LogP contribution is 2.21. The van der Waals surface area contributed by atoms with Gasteiger partial charge in [-0.3, -0.25) is 4.90 Å². The van der Waals surface area contributed by atoms with Gasteiger partial charge in [-0.25, -0.2) is 0 Å². The minimum atomic E-state index is -0.697. The second-order valence-corrected chi connectivity index (χ2v) is 6.36. The Morgan fingerprint density at radius 2 is 1.77 bits per heavy atom. The number of methoxy groups -OCH3 is 2. The molecular weight excluding hydrogens is 278 g/mol. The molecule has 22 heavy (non-hydrogen) atoms. The topological polar surface area (TPSA) is 41.9 Å². The molecule has 0 spiro atoms. The van der Waals surface area contributed by atoms with Gasteiger partial charge in [0, 0.05) is 52.2 Å². The summed E-state index contributed by atoms with van der Waals surface area (Å²) in [5.41, 5.74) is 0.0373. The number of aliphatic hydroxyl groups excluding tert-OH is 1. The van der Waals surface area contributed by atoms with Crippen molar-refractivity contribution in [3.8, 4) is 11.8 Å². The van der Waals surface area contributed by atoms with Gasteiger partial charge in [-0.05, 0) is 33.4 Å². The highest BCUT2D eigenvalue weighted by Gasteiger charge is 2.29. The summed E-state index contributed by atoms with van der Waals surface area (Å²) in [6, 6.07) is 0. The SMILES string of the molecule is CCN(C/C=C/C#CC(C)(C)C)CCC(CCO)(OC)OC. The Balaban J connectivity index is 4.42. The first-order valence-corrected chi connectivity index (χ1v) is 7.93. The average molecular weight is 311 g/mol. The van der Waals surface area contributed by atoms with Gasteiger partial charge in [0.05, 0.1) is 0 Å². The molecule has 0 fully saturated rings. The van der Waals surface area contributed by atoms with E-state index in [1.807, 2.05) is 6.08 Å². The second-order valence-electron chi connectivity index (χ2n) is 6.36. The van der Waals surface area contributed by atoms with E-state index in [1.54, 1.807) is 14.2 Å². The van der Waals surface area contributed by atoms with Crippen LogP contribution in [0.25, 0.3) is 0 Å². The Morgan fingerprint density at radius 1 is 1.14 bits per heavy atom. The van der Waals surface area contributed by atoms with Gasteiger partial charge in [0.15, 0.2) is 5.79 Å².